The summed E-state index contributed by atoms with van der Waals surface area (Å²) < 4.78 is 6.37. The van der Waals surface area contributed by atoms with Crippen molar-refractivity contribution < 1.29 is 9.84 Å². The van der Waals surface area contributed by atoms with Crippen LogP contribution in [-0.4, -0.2) is 23.9 Å². The number of aliphatic hydroxyl groups excluding tert-OH is 1. The van der Waals surface area contributed by atoms with Crippen LogP contribution in [0.25, 0.3) is 0 Å². The summed E-state index contributed by atoms with van der Waals surface area (Å²) in [5.74, 6) is 5.95. The van der Waals surface area contributed by atoms with Gasteiger partial charge in [0.05, 0.1) is 12.2 Å². The van der Waals surface area contributed by atoms with Crippen molar-refractivity contribution in [3.63, 3.8) is 0 Å². The minimum atomic E-state index is -0.0200. The van der Waals surface area contributed by atoms with Gasteiger partial charge in [-0.15, -0.1) is 0 Å². The Morgan fingerprint density at radius 2 is 1.62 bits per heavy atom. The van der Waals surface area contributed by atoms with Gasteiger partial charge in [0.2, 0.25) is 0 Å². The summed E-state index contributed by atoms with van der Waals surface area (Å²) >= 11 is 0. The third-order valence-corrected chi connectivity index (χ3v) is 11.5. The smallest absolute Gasteiger partial charge is 0.0603 e. The Labute approximate surface area is 179 Å². The van der Waals surface area contributed by atoms with E-state index in [-0.39, 0.29) is 6.10 Å². The van der Waals surface area contributed by atoms with E-state index in [1.54, 1.807) is 0 Å². The molecule has 1 N–H and O–H groups in total. The van der Waals surface area contributed by atoms with Crippen molar-refractivity contribution in [2.24, 2.45) is 52.3 Å². The summed E-state index contributed by atoms with van der Waals surface area (Å²) in [6.07, 6.45) is 15.2. The predicted octanol–water partition coefficient (Wildman–Crippen LogP) is 6.46. The van der Waals surface area contributed by atoms with Crippen LogP contribution in [0.1, 0.15) is 98.3 Å². The first kappa shape index (κ1) is 20.8. The van der Waals surface area contributed by atoms with Crippen LogP contribution in [0, 0.1) is 52.3 Å². The van der Waals surface area contributed by atoms with E-state index in [4.69, 9.17) is 4.74 Å². The quantitative estimate of drug-likeness (QED) is 0.574. The Bertz CT molecular complexity index is 595. The van der Waals surface area contributed by atoms with Crippen molar-refractivity contribution in [2.75, 3.05) is 6.61 Å². The van der Waals surface area contributed by atoms with E-state index in [0.717, 1.165) is 60.9 Å². The van der Waals surface area contributed by atoms with E-state index in [0.29, 0.717) is 16.9 Å². The molecule has 1 heterocycles. The topological polar surface area (TPSA) is 29.5 Å². The second-order valence-electron chi connectivity index (χ2n) is 12.7. The molecule has 5 fully saturated rings. The molecule has 5 aliphatic rings. The van der Waals surface area contributed by atoms with E-state index in [2.05, 4.69) is 27.7 Å². The van der Waals surface area contributed by atoms with Crippen LogP contribution < -0.4 is 0 Å². The lowest BCUT2D eigenvalue weighted by atomic mass is 9.44. The van der Waals surface area contributed by atoms with Gasteiger partial charge in [0, 0.05) is 6.61 Å². The molecule has 0 amide bonds. The first-order valence-electron chi connectivity index (χ1n) is 13.1. The van der Waals surface area contributed by atoms with Crippen molar-refractivity contribution in [3.8, 4) is 0 Å². The molecule has 4 unspecified atom stereocenters. The zero-order valence-corrected chi connectivity index (χ0v) is 19.5. The SMILES string of the molecule is CC1CCC([C@@H](C)[C@H]2CC[C@H]3[C@@H]4CCC5CC(O)CC[C@]5(C)[C@H]4CC[C@]23C)OC1. The molecule has 0 aromatic carbocycles. The number of ether oxygens (including phenoxy) is 1. The first-order chi connectivity index (χ1) is 13.8. The van der Waals surface area contributed by atoms with E-state index in [1.165, 1.54) is 57.8 Å². The monoisotopic (exact) mass is 402 g/mol. The molecule has 0 bridgehead atoms. The summed E-state index contributed by atoms with van der Waals surface area (Å²) in [6, 6.07) is 0. The van der Waals surface area contributed by atoms with Crippen LogP contribution in [-0.2, 0) is 4.74 Å². The highest BCUT2D eigenvalue weighted by atomic mass is 16.5. The molecule has 5 rings (SSSR count). The van der Waals surface area contributed by atoms with Gasteiger partial charge in [0.15, 0.2) is 0 Å². The molecular formula is C27H46O2. The van der Waals surface area contributed by atoms with Crippen LogP contribution in [0.4, 0.5) is 0 Å². The summed E-state index contributed by atoms with van der Waals surface area (Å²) in [5, 5.41) is 10.3. The largest absolute Gasteiger partial charge is 0.393 e. The molecule has 4 saturated carbocycles. The molecule has 4 aliphatic carbocycles. The molecular weight excluding hydrogens is 356 g/mol. The molecule has 2 heteroatoms. The standard InChI is InChI=1S/C27H46O2/c1-17-5-10-25(29-16-17)18(2)22-8-9-23-21-7-6-19-15-20(28)11-13-26(19,3)24(21)12-14-27(22,23)4/h17-25,28H,5-16H2,1-4H3/t17?,18-,19?,20?,21-,22+,23-,24-,25?,26-,27+/m0/s1. The van der Waals surface area contributed by atoms with Crippen LogP contribution in [0.5, 0.6) is 0 Å². The van der Waals surface area contributed by atoms with Gasteiger partial charge in [-0.3, -0.25) is 0 Å². The zero-order valence-electron chi connectivity index (χ0n) is 19.5. The predicted molar refractivity (Wildman–Crippen MR) is 119 cm³/mol. The minimum absolute atomic E-state index is 0.0200. The van der Waals surface area contributed by atoms with Crippen LogP contribution in [0.3, 0.4) is 0 Å². The molecule has 0 aromatic heterocycles. The van der Waals surface area contributed by atoms with Gasteiger partial charge < -0.3 is 9.84 Å². The molecule has 1 aliphatic heterocycles. The maximum atomic E-state index is 10.3. The number of hydrogen-bond donors (Lipinski definition) is 1. The van der Waals surface area contributed by atoms with Crippen molar-refractivity contribution in [2.45, 2.75) is 111 Å². The molecule has 0 spiro atoms. The fourth-order valence-electron chi connectivity index (χ4n) is 9.72. The third kappa shape index (κ3) is 3.25. The van der Waals surface area contributed by atoms with E-state index in [9.17, 15) is 5.11 Å². The number of aliphatic hydroxyl groups is 1. The molecule has 0 radical (unpaired) electrons. The average Bonchev–Trinajstić information content (AvgIpc) is 3.06. The van der Waals surface area contributed by atoms with Crippen LogP contribution in [0.2, 0.25) is 0 Å². The Morgan fingerprint density at radius 1 is 0.862 bits per heavy atom. The maximum absolute atomic E-state index is 10.3. The normalized spacial score (nSPS) is 56.2. The van der Waals surface area contributed by atoms with Crippen molar-refractivity contribution in [1.82, 2.24) is 0 Å². The molecule has 166 valence electrons. The highest BCUT2D eigenvalue weighted by molar-refractivity contribution is 5.10. The minimum Gasteiger partial charge on any atom is -0.393 e. The van der Waals surface area contributed by atoms with Gasteiger partial charge in [-0.2, -0.15) is 0 Å². The maximum Gasteiger partial charge on any atom is 0.0603 e. The average molecular weight is 403 g/mol. The van der Waals surface area contributed by atoms with Gasteiger partial charge in [0.25, 0.3) is 0 Å². The fourth-order valence-corrected chi connectivity index (χ4v) is 9.72. The number of fused-ring (bicyclic) bond motifs is 5. The number of rotatable bonds is 2. The van der Waals surface area contributed by atoms with Crippen molar-refractivity contribution in [1.29, 1.82) is 0 Å². The molecule has 2 nitrogen and oxygen atoms in total. The fraction of sp³-hybridized carbons (Fsp3) is 1.00. The summed E-state index contributed by atoms with van der Waals surface area (Å²) in [6.45, 7) is 11.2. The highest BCUT2D eigenvalue weighted by Crippen LogP contribution is 2.68. The summed E-state index contributed by atoms with van der Waals surface area (Å²) in [7, 11) is 0. The van der Waals surface area contributed by atoms with E-state index >= 15 is 0 Å². The van der Waals surface area contributed by atoms with E-state index < -0.39 is 0 Å². The van der Waals surface area contributed by atoms with Crippen molar-refractivity contribution >= 4 is 0 Å². The molecule has 11 atom stereocenters. The molecule has 0 aromatic rings. The van der Waals surface area contributed by atoms with E-state index in [1.807, 2.05) is 0 Å². The van der Waals surface area contributed by atoms with Gasteiger partial charge >= 0.3 is 0 Å². The molecule has 29 heavy (non-hydrogen) atoms. The summed E-state index contributed by atoms with van der Waals surface area (Å²) in [5.41, 5.74) is 1.06. The lowest BCUT2D eigenvalue weighted by Gasteiger charge is -2.61. The summed E-state index contributed by atoms with van der Waals surface area (Å²) in [4.78, 5) is 0. The Hall–Kier alpha value is -0.0800. The molecule has 1 saturated heterocycles. The second kappa shape index (κ2) is 7.51. The first-order valence-corrected chi connectivity index (χ1v) is 13.1. The zero-order chi connectivity index (χ0) is 20.4. The van der Waals surface area contributed by atoms with Crippen molar-refractivity contribution in [3.05, 3.63) is 0 Å². The lowest BCUT2D eigenvalue weighted by Crippen LogP contribution is -2.54. The number of hydrogen-bond acceptors (Lipinski definition) is 2. The van der Waals surface area contributed by atoms with Gasteiger partial charge in [0.1, 0.15) is 0 Å². The van der Waals surface area contributed by atoms with Gasteiger partial charge in [-0.25, -0.2) is 0 Å². The van der Waals surface area contributed by atoms with Gasteiger partial charge in [-0.05, 0) is 123 Å². The van der Waals surface area contributed by atoms with Gasteiger partial charge in [-0.1, -0.05) is 27.7 Å². The highest BCUT2D eigenvalue weighted by Gasteiger charge is 2.61. The Kier molecular flexibility index (Phi) is 5.38. The third-order valence-electron chi connectivity index (χ3n) is 11.5. The Balaban J connectivity index is 1.33. The second-order valence-corrected chi connectivity index (χ2v) is 12.7. The lowest BCUT2D eigenvalue weighted by molar-refractivity contribution is -0.136. The Morgan fingerprint density at radius 3 is 2.38 bits per heavy atom. The van der Waals surface area contributed by atoms with Crippen LogP contribution in [0.15, 0.2) is 0 Å². The van der Waals surface area contributed by atoms with Crippen LogP contribution >= 0.6 is 0 Å².